The number of nitrogens with one attached hydrogen (secondary N) is 1. The van der Waals surface area contributed by atoms with Crippen LogP contribution in [0, 0.1) is 5.92 Å². The van der Waals surface area contributed by atoms with Crippen LogP contribution in [0.3, 0.4) is 0 Å². The third-order valence-electron chi connectivity index (χ3n) is 3.87. The molecule has 2 atom stereocenters. The van der Waals surface area contributed by atoms with Crippen LogP contribution in [0.5, 0.6) is 0 Å². The molecule has 1 aromatic carbocycles. The minimum Gasteiger partial charge on any atom is -0.459 e. The highest BCUT2D eigenvalue weighted by Crippen LogP contribution is 2.12. The molecule has 0 aliphatic carbocycles. The van der Waals surface area contributed by atoms with Crippen molar-refractivity contribution in [3.8, 4) is 0 Å². The zero-order chi connectivity index (χ0) is 17.4. The van der Waals surface area contributed by atoms with Gasteiger partial charge in [-0.25, -0.2) is 4.79 Å². The summed E-state index contributed by atoms with van der Waals surface area (Å²) in [5, 5.41) is 2.74. The summed E-state index contributed by atoms with van der Waals surface area (Å²) >= 11 is 0. The van der Waals surface area contributed by atoms with E-state index in [0.29, 0.717) is 0 Å². The molecule has 1 N–H and O–H groups in total. The Balaban J connectivity index is 2.02. The predicted octanol–water partition coefficient (Wildman–Crippen LogP) is 2.97. The monoisotopic (exact) mass is 326 g/mol. The third-order valence-corrected chi connectivity index (χ3v) is 3.87. The summed E-state index contributed by atoms with van der Waals surface area (Å²) in [6, 6.07) is 13.8. The summed E-state index contributed by atoms with van der Waals surface area (Å²) in [5.41, 5.74) is 1.19. The molecule has 0 bridgehead atoms. The standard InChI is InChI=1S/C19H22N2O3/c1-3-14(2)17(21-18(22)16-11-7-8-12-20-16)19(23)24-13-15-9-5-4-6-10-15/h4-12,14,17H,3,13H2,1-2H3,(H,21,22)/t14-,17-/m0/s1. The molecular formula is C19H22N2O3. The van der Waals surface area contributed by atoms with Crippen molar-refractivity contribution < 1.29 is 14.3 Å². The van der Waals surface area contributed by atoms with Crippen LogP contribution in [0.25, 0.3) is 0 Å². The van der Waals surface area contributed by atoms with Gasteiger partial charge in [0, 0.05) is 6.20 Å². The SMILES string of the molecule is CC[C@H](C)[C@H](NC(=O)c1ccccn1)C(=O)OCc1ccccc1. The molecular weight excluding hydrogens is 304 g/mol. The molecule has 0 unspecified atom stereocenters. The van der Waals surface area contributed by atoms with Crippen molar-refractivity contribution in [2.45, 2.75) is 32.9 Å². The Morgan fingerprint density at radius 3 is 2.46 bits per heavy atom. The Kier molecular flexibility index (Phi) is 6.49. The van der Waals surface area contributed by atoms with Gasteiger partial charge in [0.25, 0.3) is 5.91 Å². The fourth-order valence-electron chi connectivity index (χ4n) is 2.20. The zero-order valence-corrected chi connectivity index (χ0v) is 13.9. The van der Waals surface area contributed by atoms with Gasteiger partial charge < -0.3 is 10.1 Å². The third kappa shape index (κ3) is 4.91. The van der Waals surface area contributed by atoms with Crippen LogP contribution in [-0.4, -0.2) is 22.9 Å². The Hall–Kier alpha value is -2.69. The van der Waals surface area contributed by atoms with Gasteiger partial charge >= 0.3 is 5.97 Å². The summed E-state index contributed by atoms with van der Waals surface area (Å²) in [6.07, 6.45) is 2.29. The molecule has 2 aromatic rings. The second kappa shape index (κ2) is 8.82. The first-order valence-electron chi connectivity index (χ1n) is 8.04. The molecule has 0 spiro atoms. The van der Waals surface area contributed by atoms with Crippen LogP contribution in [0.1, 0.15) is 36.3 Å². The number of rotatable bonds is 7. The van der Waals surface area contributed by atoms with E-state index in [2.05, 4.69) is 10.3 Å². The first-order valence-corrected chi connectivity index (χ1v) is 8.04. The van der Waals surface area contributed by atoms with E-state index in [1.54, 1.807) is 24.4 Å². The van der Waals surface area contributed by atoms with Gasteiger partial charge in [0.05, 0.1) is 0 Å². The van der Waals surface area contributed by atoms with Crippen molar-refractivity contribution in [3.63, 3.8) is 0 Å². The van der Waals surface area contributed by atoms with E-state index in [0.717, 1.165) is 12.0 Å². The Morgan fingerprint density at radius 2 is 1.83 bits per heavy atom. The minimum atomic E-state index is -0.701. The van der Waals surface area contributed by atoms with Crippen molar-refractivity contribution in [2.75, 3.05) is 0 Å². The molecule has 2 rings (SSSR count). The number of esters is 1. The van der Waals surface area contributed by atoms with E-state index in [-0.39, 0.29) is 24.1 Å². The van der Waals surface area contributed by atoms with Gasteiger partial charge in [0.1, 0.15) is 18.3 Å². The summed E-state index contributed by atoms with van der Waals surface area (Å²) in [7, 11) is 0. The number of amides is 1. The first kappa shape index (κ1) is 17.7. The van der Waals surface area contributed by atoms with Crippen LogP contribution in [0.15, 0.2) is 54.7 Å². The molecule has 1 heterocycles. The van der Waals surface area contributed by atoms with Crippen molar-refractivity contribution >= 4 is 11.9 Å². The largest absolute Gasteiger partial charge is 0.459 e. The summed E-state index contributed by atoms with van der Waals surface area (Å²) in [4.78, 5) is 28.7. The van der Waals surface area contributed by atoms with Gasteiger partial charge in [-0.1, -0.05) is 56.7 Å². The first-order chi connectivity index (χ1) is 11.6. The highest BCUT2D eigenvalue weighted by molar-refractivity contribution is 5.95. The molecule has 0 fully saturated rings. The van der Waals surface area contributed by atoms with Crippen LogP contribution >= 0.6 is 0 Å². The summed E-state index contributed by atoms with van der Waals surface area (Å²) in [6.45, 7) is 4.06. The van der Waals surface area contributed by atoms with Crippen molar-refractivity contribution in [1.29, 1.82) is 0 Å². The fraction of sp³-hybridized carbons (Fsp3) is 0.316. The molecule has 0 saturated carbocycles. The molecule has 0 aliphatic heterocycles. The van der Waals surface area contributed by atoms with Crippen LogP contribution in [0.4, 0.5) is 0 Å². The maximum atomic E-state index is 12.4. The minimum absolute atomic E-state index is 0.0408. The Morgan fingerprint density at radius 1 is 1.12 bits per heavy atom. The van der Waals surface area contributed by atoms with Gasteiger partial charge in [0.2, 0.25) is 0 Å². The molecule has 5 nitrogen and oxygen atoms in total. The number of aromatic nitrogens is 1. The lowest BCUT2D eigenvalue weighted by atomic mass is 9.99. The molecule has 24 heavy (non-hydrogen) atoms. The highest BCUT2D eigenvalue weighted by Gasteiger charge is 2.28. The van der Waals surface area contributed by atoms with Gasteiger partial charge in [-0.3, -0.25) is 9.78 Å². The van der Waals surface area contributed by atoms with Gasteiger partial charge in [-0.15, -0.1) is 0 Å². The van der Waals surface area contributed by atoms with E-state index in [9.17, 15) is 9.59 Å². The zero-order valence-electron chi connectivity index (χ0n) is 13.9. The molecule has 1 aromatic heterocycles. The van der Waals surface area contributed by atoms with Crippen molar-refractivity contribution in [1.82, 2.24) is 10.3 Å². The number of nitrogens with zero attached hydrogens (tertiary/aromatic N) is 1. The second-order valence-electron chi connectivity index (χ2n) is 5.64. The van der Waals surface area contributed by atoms with Crippen LogP contribution < -0.4 is 5.32 Å². The van der Waals surface area contributed by atoms with E-state index in [4.69, 9.17) is 4.74 Å². The quantitative estimate of drug-likeness (QED) is 0.794. The summed E-state index contributed by atoms with van der Waals surface area (Å²) in [5.74, 6) is -0.851. The number of carbonyl (C=O) groups excluding carboxylic acids is 2. The predicted molar refractivity (Wildman–Crippen MR) is 91.2 cm³/mol. The normalized spacial score (nSPS) is 12.9. The number of carbonyl (C=O) groups is 2. The number of benzene rings is 1. The average molecular weight is 326 g/mol. The Bertz CT molecular complexity index is 659. The van der Waals surface area contributed by atoms with Crippen LogP contribution in [-0.2, 0) is 16.1 Å². The topological polar surface area (TPSA) is 68.3 Å². The number of pyridine rings is 1. The lowest BCUT2D eigenvalue weighted by molar-refractivity contribution is -0.148. The van der Waals surface area contributed by atoms with Gasteiger partial charge in [0.15, 0.2) is 0 Å². The maximum Gasteiger partial charge on any atom is 0.329 e. The fourth-order valence-corrected chi connectivity index (χ4v) is 2.20. The van der Waals surface area contributed by atoms with Gasteiger partial charge in [-0.2, -0.15) is 0 Å². The molecule has 126 valence electrons. The van der Waals surface area contributed by atoms with E-state index < -0.39 is 12.0 Å². The number of ether oxygens (including phenoxy) is 1. The number of hydrogen-bond donors (Lipinski definition) is 1. The lowest BCUT2D eigenvalue weighted by Crippen LogP contribution is -2.46. The number of hydrogen-bond acceptors (Lipinski definition) is 4. The van der Waals surface area contributed by atoms with E-state index in [1.807, 2.05) is 44.2 Å². The smallest absolute Gasteiger partial charge is 0.329 e. The van der Waals surface area contributed by atoms with Gasteiger partial charge in [-0.05, 0) is 23.6 Å². The second-order valence-corrected chi connectivity index (χ2v) is 5.64. The highest BCUT2D eigenvalue weighted by atomic mass is 16.5. The van der Waals surface area contributed by atoms with Crippen LogP contribution in [0.2, 0.25) is 0 Å². The van der Waals surface area contributed by atoms with E-state index in [1.165, 1.54) is 0 Å². The molecule has 1 amide bonds. The molecule has 0 radical (unpaired) electrons. The average Bonchev–Trinajstić information content (AvgIpc) is 2.65. The molecule has 5 heteroatoms. The van der Waals surface area contributed by atoms with Crippen molar-refractivity contribution in [3.05, 3.63) is 66.0 Å². The Labute approximate surface area is 142 Å². The van der Waals surface area contributed by atoms with Crippen molar-refractivity contribution in [2.24, 2.45) is 5.92 Å². The maximum absolute atomic E-state index is 12.4. The molecule has 0 saturated heterocycles. The molecule has 0 aliphatic rings. The van der Waals surface area contributed by atoms with E-state index >= 15 is 0 Å². The lowest BCUT2D eigenvalue weighted by Gasteiger charge is -2.22. The summed E-state index contributed by atoms with van der Waals surface area (Å²) < 4.78 is 5.38.